The normalized spacial score (nSPS) is 12.2. The first kappa shape index (κ1) is 13.5. The van der Waals surface area contributed by atoms with Crippen LogP contribution in [0.25, 0.3) is 0 Å². The standard InChI is InChI=1S/C15H19N3O/c1-4-17-15(14-11(2)6-5-7-18-14)12-8-13(19-3)10-16-9-12/h5-10,15,17H,4H2,1-3H3. The molecule has 0 saturated heterocycles. The van der Waals surface area contributed by atoms with E-state index in [4.69, 9.17) is 4.74 Å². The minimum Gasteiger partial charge on any atom is -0.495 e. The van der Waals surface area contributed by atoms with Crippen LogP contribution in [-0.2, 0) is 0 Å². The van der Waals surface area contributed by atoms with Crippen molar-refractivity contribution >= 4 is 0 Å². The summed E-state index contributed by atoms with van der Waals surface area (Å²) in [6.45, 7) is 5.01. The van der Waals surface area contributed by atoms with Crippen LogP contribution in [-0.4, -0.2) is 23.6 Å². The van der Waals surface area contributed by atoms with Crippen LogP contribution in [0.4, 0.5) is 0 Å². The van der Waals surface area contributed by atoms with Crippen molar-refractivity contribution in [1.82, 2.24) is 15.3 Å². The third-order valence-electron chi connectivity index (χ3n) is 3.03. The molecule has 0 aromatic carbocycles. The van der Waals surface area contributed by atoms with Crippen LogP contribution in [0.15, 0.2) is 36.8 Å². The van der Waals surface area contributed by atoms with Gasteiger partial charge in [0.25, 0.3) is 0 Å². The van der Waals surface area contributed by atoms with Crippen molar-refractivity contribution in [3.63, 3.8) is 0 Å². The predicted octanol–water partition coefficient (Wildman–Crippen LogP) is 2.49. The second kappa shape index (κ2) is 6.29. The third kappa shape index (κ3) is 3.09. The number of hydrogen-bond acceptors (Lipinski definition) is 4. The summed E-state index contributed by atoms with van der Waals surface area (Å²) >= 11 is 0. The van der Waals surface area contributed by atoms with E-state index in [1.54, 1.807) is 13.3 Å². The summed E-state index contributed by atoms with van der Waals surface area (Å²) in [6.07, 6.45) is 5.38. The van der Waals surface area contributed by atoms with Crippen LogP contribution in [0, 0.1) is 6.92 Å². The largest absolute Gasteiger partial charge is 0.495 e. The Morgan fingerprint density at radius 1 is 1.37 bits per heavy atom. The van der Waals surface area contributed by atoms with Gasteiger partial charge in [-0.2, -0.15) is 0 Å². The summed E-state index contributed by atoms with van der Waals surface area (Å²) in [5.74, 6) is 0.758. The second-order valence-corrected chi connectivity index (χ2v) is 4.35. The monoisotopic (exact) mass is 257 g/mol. The van der Waals surface area contributed by atoms with Crippen molar-refractivity contribution in [3.05, 3.63) is 53.6 Å². The van der Waals surface area contributed by atoms with Gasteiger partial charge in [0.05, 0.1) is 25.0 Å². The maximum atomic E-state index is 5.24. The molecule has 2 aromatic heterocycles. The third-order valence-corrected chi connectivity index (χ3v) is 3.03. The van der Waals surface area contributed by atoms with Gasteiger partial charge in [0.2, 0.25) is 0 Å². The summed E-state index contributed by atoms with van der Waals surface area (Å²) in [6, 6.07) is 6.05. The van der Waals surface area contributed by atoms with Crippen LogP contribution >= 0.6 is 0 Å². The van der Waals surface area contributed by atoms with Crippen molar-refractivity contribution in [1.29, 1.82) is 0 Å². The fourth-order valence-corrected chi connectivity index (χ4v) is 2.08. The van der Waals surface area contributed by atoms with Gasteiger partial charge in [0, 0.05) is 12.4 Å². The predicted molar refractivity (Wildman–Crippen MR) is 75.3 cm³/mol. The van der Waals surface area contributed by atoms with Crippen LogP contribution in [0.3, 0.4) is 0 Å². The van der Waals surface area contributed by atoms with Gasteiger partial charge >= 0.3 is 0 Å². The lowest BCUT2D eigenvalue weighted by Gasteiger charge is -2.19. The Balaban J connectivity index is 2.42. The molecule has 0 fully saturated rings. The van der Waals surface area contributed by atoms with Gasteiger partial charge in [-0.25, -0.2) is 0 Å². The molecular weight excluding hydrogens is 238 g/mol. The van der Waals surface area contributed by atoms with Gasteiger partial charge in [-0.15, -0.1) is 0 Å². The van der Waals surface area contributed by atoms with Crippen molar-refractivity contribution in [2.24, 2.45) is 0 Å². The number of ether oxygens (including phenoxy) is 1. The summed E-state index contributed by atoms with van der Waals surface area (Å²) in [5.41, 5.74) is 3.25. The molecule has 0 radical (unpaired) electrons. The highest BCUT2D eigenvalue weighted by molar-refractivity contribution is 5.34. The summed E-state index contributed by atoms with van der Waals surface area (Å²) in [7, 11) is 1.65. The maximum Gasteiger partial charge on any atom is 0.137 e. The summed E-state index contributed by atoms with van der Waals surface area (Å²) < 4.78 is 5.24. The summed E-state index contributed by atoms with van der Waals surface area (Å²) in [5, 5.41) is 3.45. The van der Waals surface area contributed by atoms with E-state index in [2.05, 4.69) is 35.2 Å². The fourth-order valence-electron chi connectivity index (χ4n) is 2.08. The van der Waals surface area contributed by atoms with E-state index < -0.39 is 0 Å². The molecule has 2 aromatic rings. The molecule has 2 rings (SSSR count). The number of aryl methyl sites for hydroxylation is 1. The molecule has 100 valence electrons. The van der Waals surface area contributed by atoms with E-state index >= 15 is 0 Å². The Bertz CT molecular complexity index is 542. The number of nitrogens with one attached hydrogen (secondary N) is 1. The smallest absolute Gasteiger partial charge is 0.137 e. The quantitative estimate of drug-likeness (QED) is 0.894. The maximum absolute atomic E-state index is 5.24. The summed E-state index contributed by atoms with van der Waals surface area (Å²) in [4.78, 5) is 8.72. The van der Waals surface area contributed by atoms with Crippen LogP contribution in [0.2, 0.25) is 0 Å². The van der Waals surface area contributed by atoms with Crippen LogP contribution in [0.5, 0.6) is 5.75 Å². The van der Waals surface area contributed by atoms with Gasteiger partial charge in [-0.05, 0) is 36.7 Å². The minimum absolute atomic E-state index is 0.0359. The van der Waals surface area contributed by atoms with Gasteiger partial charge in [0.15, 0.2) is 0 Å². The lowest BCUT2D eigenvalue weighted by molar-refractivity contribution is 0.411. The van der Waals surface area contributed by atoms with Crippen molar-refractivity contribution < 1.29 is 4.74 Å². The molecule has 1 atom stereocenters. The van der Waals surface area contributed by atoms with E-state index in [-0.39, 0.29) is 6.04 Å². The van der Waals surface area contributed by atoms with E-state index in [0.717, 1.165) is 29.1 Å². The average molecular weight is 257 g/mol. The molecule has 1 N–H and O–H groups in total. The highest BCUT2D eigenvalue weighted by Gasteiger charge is 2.17. The molecule has 4 nitrogen and oxygen atoms in total. The van der Waals surface area contributed by atoms with E-state index in [1.807, 2.05) is 24.5 Å². The molecule has 0 aliphatic rings. The topological polar surface area (TPSA) is 47.0 Å². The van der Waals surface area contributed by atoms with Crippen LogP contribution in [0.1, 0.15) is 29.8 Å². The Kier molecular flexibility index (Phi) is 4.47. The first-order chi connectivity index (χ1) is 9.26. The highest BCUT2D eigenvalue weighted by atomic mass is 16.5. The SMILES string of the molecule is CCNC(c1cncc(OC)c1)c1ncccc1C. The lowest BCUT2D eigenvalue weighted by Crippen LogP contribution is -2.24. The minimum atomic E-state index is 0.0359. The Morgan fingerprint density at radius 2 is 2.21 bits per heavy atom. The number of hydrogen-bond donors (Lipinski definition) is 1. The molecule has 2 heterocycles. The first-order valence-corrected chi connectivity index (χ1v) is 6.40. The molecule has 0 aliphatic carbocycles. The molecule has 1 unspecified atom stereocenters. The van der Waals surface area contributed by atoms with Crippen LogP contribution < -0.4 is 10.1 Å². The molecule has 0 aliphatic heterocycles. The van der Waals surface area contributed by atoms with Gasteiger partial charge < -0.3 is 10.1 Å². The molecule has 4 heteroatoms. The van der Waals surface area contributed by atoms with E-state index in [0.29, 0.717) is 0 Å². The number of aromatic nitrogens is 2. The molecule has 0 spiro atoms. The van der Waals surface area contributed by atoms with E-state index in [9.17, 15) is 0 Å². The van der Waals surface area contributed by atoms with Gasteiger partial charge in [0.1, 0.15) is 5.75 Å². The Labute approximate surface area is 113 Å². The second-order valence-electron chi connectivity index (χ2n) is 4.35. The zero-order chi connectivity index (χ0) is 13.7. The molecule has 0 saturated carbocycles. The van der Waals surface area contributed by atoms with Gasteiger partial charge in [-0.1, -0.05) is 13.0 Å². The lowest BCUT2D eigenvalue weighted by atomic mass is 10.0. The highest BCUT2D eigenvalue weighted by Crippen LogP contribution is 2.24. The number of methoxy groups -OCH3 is 1. The van der Waals surface area contributed by atoms with Crippen molar-refractivity contribution in [3.8, 4) is 5.75 Å². The Morgan fingerprint density at radius 3 is 2.89 bits per heavy atom. The molecule has 0 bridgehead atoms. The molecule has 19 heavy (non-hydrogen) atoms. The number of rotatable bonds is 5. The number of pyridine rings is 2. The van der Waals surface area contributed by atoms with E-state index in [1.165, 1.54) is 0 Å². The zero-order valence-corrected chi connectivity index (χ0v) is 11.6. The zero-order valence-electron chi connectivity index (χ0n) is 11.6. The number of nitrogens with zero attached hydrogens (tertiary/aromatic N) is 2. The van der Waals surface area contributed by atoms with Crippen molar-refractivity contribution in [2.45, 2.75) is 19.9 Å². The molecule has 0 amide bonds. The van der Waals surface area contributed by atoms with Gasteiger partial charge in [-0.3, -0.25) is 9.97 Å². The van der Waals surface area contributed by atoms with Crippen molar-refractivity contribution in [2.75, 3.05) is 13.7 Å². The molecular formula is C15H19N3O. The fraction of sp³-hybridized carbons (Fsp3) is 0.333. The first-order valence-electron chi connectivity index (χ1n) is 6.40. The average Bonchev–Trinajstić information content (AvgIpc) is 2.46. The Hall–Kier alpha value is -1.94.